The number of anilines is 1. The van der Waals surface area contributed by atoms with Gasteiger partial charge in [0, 0.05) is 5.02 Å². The number of hydrogen-bond acceptors (Lipinski definition) is 2. The third-order valence-corrected chi connectivity index (χ3v) is 3.57. The van der Waals surface area contributed by atoms with Gasteiger partial charge in [-0.1, -0.05) is 11.6 Å². The Labute approximate surface area is 125 Å². The van der Waals surface area contributed by atoms with Gasteiger partial charge in [-0.05, 0) is 55.3 Å². The fourth-order valence-electron chi connectivity index (χ4n) is 1.91. The Kier molecular flexibility index (Phi) is 4.05. The van der Waals surface area contributed by atoms with E-state index in [1.54, 1.807) is 12.1 Å². The highest BCUT2D eigenvalue weighted by molar-refractivity contribution is 6.32. The second kappa shape index (κ2) is 5.48. The zero-order valence-corrected chi connectivity index (χ0v) is 12.1. The molecule has 0 saturated carbocycles. The van der Waals surface area contributed by atoms with Crippen LogP contribution in [-0.4, -0.2) is 0 Å². The lowest BCUT2D eigenvalue weighted by Crippen LogP contribution is -2.06. The van der Waals surface area contributed by atoms with Gasteiger partial charge in [0.1, 0.15) is 11.5 Å². The van der Waals surface area contributed by atoms with E-state index in [4.69, 9.17) is 22.1 Å². The summed E-state index contributed by atoms with van der Waals surface area (Å²) in [6.07, 6.45) is -4.43. The second-order valence-electron chi connectivity index (χ2n) is 4.72. The maximum absolute atomic E-state index is 12.6. The fourth-order valence-corrected chi connectivity index (χ4v) is 2.02. The fraction of sp³-hybridized carbons (Fsp3) is 0.200. The second-order valence-corrected chi connectivity index (χ2v) is 5.10. The summed E-state index contributed by atoms with van der Waals surface area (Å²) in [6.45, 7) is 3.64. The Bertz CT molecular complexity index is 660. The number of nitrogens with two attached hydrogens (primary N) is 1. The molecule has 2 rings (SSSR count). The quantitative estimate of drug-likeness (QED) is 0.758. The molecule has 2 aromatic carbocycles. The van der Waals surface area contributed by atoms with E-state index >= 15 is 0 Å². The molecular formula is C15H13ClF3NO. The van der Waals surface area contributed by atoms with Crippen molar-refractivity contribution in [2.24, 2.45) is 0 Å². The van der Waals surface area contributed by atoms with Crippen molar-refractivity contribution < 1.29 is 17.9 Å². The van der Waals surface area contributed by atoms with Crippen molar-refractivity contribution >= 4 is 17.3 Å². The average molecular weight is 316 g/mol. The zero-order valence-electron chi connectivity index (χ0n) is 11.4. The predicted octanol–water partition coefficient (Wildman–Crippen LogP) is 5.35. The van der Waals surface area contributed by atoms with Gasteiger partial charge in [-0.15, -0.1) is 0 Å². The van der Waals surface area contributed by atoms with E-state index in [9.17, 15) is 13.2 Å². The minimum Gasteiger partial charge on any atom is -0.455 e. The molecule has 0 aliphatic rings. The summed E-state index contributed by atoms with van der Waals surface area (Å²) in [5.74, 6) is 0.644. The first-order chi connectivity index (χ1) is 9.68. The van der Waals surface area contributed by atoms with E-state index in [0.29, 0.717) is 10.8 Å². The molecule has 0 unspecified atom stereocenters. The number of aryl methyl sites for hydroxylation is 2. The summed E-state index contributed by atoms with van der Waals surface area (Å²) in [7, 11) is 0. The lowest BCUT2D eigenvalue weighted by Gasteiger charge is -2.13. The summed E-state index contributed by atoms with van der Waals surface area (Å²) >= 11 is 6.05. The van der Waals surface area contributed by atoms with E-state index < -0.39 is 11.7 Å². The maximum Gasteiger partial charge on any atom is 0.416 e. The molecule has 112 valence electrons. The monoisotopic (exact) mass is 315 g/mol. The van der Waals surface area contributed by atoms with Crippen molar-refractivity contribution in [2.45, 2.75) is 20.0 Å². The third-order valence-electron chi connectivity index (χ3n) is 2.97. The van der Waals surface area contributed by atoms with Gasteiger partial charge in [-0.2, -0.15) is 13.2 Å². The molecule has 21 heavy (non-hydrogen) atoms. The summed E-state index contributed by atoms with van der Waals surface area (Å²) in [5.41, 5.74) is 6.37. The summed E-state index contributed by atoms with van der Waals surface area (Å²) in [5, 5.41) is 0.628. The van der Waals surface area contributed by atoms with Gasteiger partial charge < -0.3 is 10.5 Å². The largest absolute Gasteiger partial charge is 0.455 e. The summed E-state index contributed by atoms with van der Waals surface area (Å²) in [4.78, 5) is 0. The van der Waals surface area contributed by atoms with E-state index in [2.05, 4.69) is 0 Å². The Morgan fingerprint density at radius 3 is 2.10 bits per heavy atom. The van der Waals surface area contributed by atoms with Gasteiger partial charge in [-0.25, -0.2) is 0 Å². The van der Waals surface area contributed by atoms with Crippen LogP contribution in [0.15, 0.2) is 30.3 Å². The maximum atomic E-state index is 12.6. The van der Waals surface area contributed by atoms with Crippen molar-refractivity contribution in [2.75, 3.05) is 5.73 Å². The minimum atomic E-state index is -4.43. The minimum absolute atomic E-state index is 0.0740. The van der Waals surface area contributed by atoms with Gasteiger partial charge in [0.15, 0.2) is 0 Å². The van der Waals surface area contributed by atoms with Crippen LogP contribution >= 0.6 is 11.6 Å². The molecule has 0 bridgehead atoms. The van der Waals surface area contributed by atoms with Crippen LogP contribution < -0.4 is 10.5 Å². The first kappa shape index (κ1) is 15.5. The first-order valence-corrected chi connectivity index (χ1v) is 6.47. The van der Waals surface area contributed by atoms with E-state index in [1.807, 2.05) is 13.8 Å². The number of benzene rings is 2. The Morgan fingerprint density at radius 2 is 1.62 bits per heavy atom. The van der Waals surface area contributed by atoms with Gasteiger partial charge in [-0.3, -0.25) is 0 Å². The number of rotatable bonds is 2. The number of halogens is 4. The normalized spacial score (nSPS) is 11.5. The molecule has 0 saturated heterocycles. The highest BCUT2D eigenvalue weighted by Crippen LogP contribution is 2.36. The molecule has 0 spiro atoms. The van der Waals surface area contributed by atoms with Gasteiger partial charge in [0.25, 0.3) is 0 Å². The van der Waals surface area contributed by atoms with Crippen molar-refractivity contribution in [1.82, 2.24) is 0 Å². The molecule has 0 atom stereocenters. The van der Waals surface area contributed by atoms with Crippen LogP contribution in [0.25, 0.3) is 0 Å². The number of alkyl halides is 3. The molecule has 0 aliphatic carbocycles. The van der Waals surface area contributed by atoms with Crippen LogP contribution in [0.4, 0.5) is 18.9 Å². The van der Waals surface area contributed by atoms with Gasteiger partial charge >= 0.3 is 6.18 Å². The highest BCUT2D eigenvalue weighted by Gasteiger charge is 2.31. The Balaban J connectivity index is 2.32. The number of ether oxygens (including phenoxy) is 1. The summed E-state index contributed by atoms with van der Waals surface area (Å²) in [6, 6.07) is 6.39. The molecule has 0 radical (unpaired) electrons. The molecule has 0 aromatic heterocycles. The molecule has 2 aromatic rings. The molecule has 6 heteroatoms. The van der Waals surface area contributed by atoms with Crippen molar-refractivity contribution in [3.8, 4) is 11.5 Å². The van der Waals surface area contributed by atoms with E-state index in [1.165, 1.54) is 6.07 Å². The van der Waals surface area contributed by atoms with Gasteiger partial charge in [0.05, 0.1) is 11.3 Å². The Hall–Kier alpha value is -1.88. The van der Waals surface area contributed by atoms with Crippen LogP contribution in [0, 0.1) is 13.8 Å². The number of hydrogen-bond donors (Lipinski definition) is 1. The first-order valence-electron chi connectivity index (χ1n) is 6.10. The highest BCUT2D eigenvalue weighted by atomic mass is 35.5. The lowest BCUT2D eigenvalue weighted by molar-refractivity contribution is -0.137. The van der Waals surface area contributed by atoms with Crippen molar-refractivity contribution in [3.63, 3.8) is 0 Å². The zero-order chi connectivity index (χ0) is 15.8. The molecule has 0 aliphatic heterocycles. The average Bonchev–Trinajstić information content (AvgIpc) is 2.37. The van der Waals surface area contributed by atoms with Crippen LogP contribution in [0.5, 0.6) is 11.5 Å². The van der Waals surface area contributed by atoms with E-state index in [0.717, 1.165) is 23.3 Å². The van der Waals surface area contributed by atoms with Crippen LogP contribution in [0.2, 0.25) is 5.02 Å². The van der Waals surface area contributed by atoms with Crippen LogP contribution in [-0.2, 0) is 6.18 Å². The number of nitrogen functional groups attached to an aromatic ring is 1. The molecular weight excluding hydrogens is 303 g/mol. The van der Waals surface area contributed by atoms with E-state index in [-0.39, 0.29) is 11.4 Å². The third kappa shape index (κ3) is 3.42. The standard InChI is InChI=1S/C15H13ClF3NO/c1-8-5-11(6-9(2)14(8)16)21-13-4-3-10(7-12(13)20)15(17,18)19/h3-7H,20H2,1-2H3. The predicted molar refractivity (Wildman–Crippen MR) is 76.9 cm³/mol. The van der Waals surface area contributed by atoms with Gasteiger partial charge in [0.2, 0.25) is 0 Å². The molecule has 2 N–H and O–H groups in total. The topological polar surface area (TPSA) is 35.2 Å². The van der Waals surface area contributed by atoms with Crippen LogP contribution in [0.1, 0.15) is 16.7 Å². The lowest BCUT2D eigenvalue weighted by atomic mass is 10.1. The van der Waals surface area contributed by atoms with Crippen molar-refractivity contribution in [1.29, 1.82) is 0 Å². The van der Waals surface area contributed by atoms with Crippen molar-refractivity contribution in [3.05, 3.63) is 52.0 Å². The molecule has 2 nitrogen and oxygen atoms in total. The molecule has 0 fully saturated rings. The van der Waals surface area contributed by atoms with Crippen LogP contribution in [0.3, 0.4) is 0 Å². The SMILES string of the molecule is Cc1cc(Oc2ccc(C(F)(F)F)cc2N)cc(C)c1Cl. The molecule has 0 heterocycles. The molecule has 0 amide bonds. The smallest absolute Gasteiger partial charge is 0.416 e. The Morgan fingerprint density at radius 1 is 1.05 bits per heavy atom. The summed E-state index contributed by atoms with van der Waals surface area (Å²) < 4.78 is 43.2.